The minimum Gasteiger partial charge on any atom is -0.273 e. The molecule has 4 rings (SSSR count). The van der Waals surface area contributed by atoms with Crippen molar-refractivity contribution in [3.05, 3.63) is 84.9 Å². The summed E-state index contributed by atoms with van der Waals surface area (Å²) in [7, 11) is 0. The van der Waals surface area contributed by atoms with E-state index in [0.29, 0.717) is 11.4 Å². The molecule has 0 aromatic heterocycles. The predicted molar refractivity (Wildman–Crippen MR) is 103 cm³/mol. The number of hydrogen-bond donors (Lipinski definition) is 0. The maximum Gasteiger partial charge on any atom is 0.342 e. The first kappa shape index (κ1) is 16.7. The molecule has 0 atom stereocenters. The highest BCUT2D eigenvalue weighted by atomic mass is 16.2. The summed E-state index contributed by atoms with van der Waals surface area (Å²) in [6.07, 6.45) is -0.357. The molecule has 1 aliphatic rings. The van der Waals surface area contributed by atoms with Crippen LogP contribution in [-0.2, 0) is 9.59 Å². The van der Waals surface area contributed by atoms with E-state index in [2.05, 4.69) is 0 Å². The lowest BCUT2D eigenvalue weighted by Crippen LogP contribution is -2.55. The van der Waals surface area contributed by atoms with Crippen molar-refractivity contribution in [2.45, 2.75) is 6.42 Å². The van der Waals surface area contributed by atoms with E-state index in [1.165, 1.54) is 0 Å². The number of anilines is 2. The Bertz CT molecular complexity index is 1020. The third kappa shape index (κ3) is 3.00. The van der Waals surface area contributed by atoms with Gasteiger partial charge in [0.2, 0.25) is 11.8 Å². The van der Waals surface area contributed by atoms with Gasteiger partial charge < -0.3 is 0 Å². The number of imide groups is 2. The van der Waals surface area contributed by atoms with Gasteiger partial charge in [-0.3, -0.25) is 9.59 Å². The zero-order valence-corrected chi connectivity index (χ0v) is 14.4. The molecule has 5 nitrogen and oxygen atoms in total. The largest absolute Gasteiger partial charge is 0.342 e. The number of urea groups is 1. The standard InChI is InChI=1S/C22H16N2O3/c25-20-15-21(26)24(22(27)23(20)17-11-5-2-6-12-17)19-14-8-7-13-18(19)16-9-3-1-4-10-16/h1-14H,15H2. The van der Waals surface area contributed by atoms with Crippen LogP contribution in [0.1, 0.15) is 6.42 Å². The van der Waals surface area contributed by atoms with Gasteiger partial charge in [0.05, 0.1) is 11.4 Å². The molecule has 4 amide bonds. The third-order valence-corrected chi connectivity index (χ3v) is 4.43. The Kier molecular flexibility index (Phi) is 4.26. The summed E-state index contributed by atoms with van der Waals surface area (Å²) >= 11 is 0. The van der Waals surface area contributed by atoms with E-state index in [0.717, 1.165) is 20.9 Å². The van der Waals surface area contributed by atoms with Gasteiger partial charge in [-0.1, -0.05) is 66.7 Å². The van der Waals surface area contributed by atoms with Gasteiger partial charge in [0.15, 0.2) is 0 Å². The van der Waals surface area contributed by atoms with Crippen molar-refractivity contribution >= 4 is 29.2 Å². The number of amides is 4. The fourth-order valence-electron chi connectivity index (χ4n) is 3.20. The van der Waals surface area contributed by atoms with Crippen molar-refractivity contribution < 1.29 is 14.4 Å². The molecule has 0 unspecified atom stereocenters. The summed E-state index contributed by atoms with van der Waals surface area (Å²) in [6, 6.07) is 24.7. The van der Waals surface area contributed by atoms with Gasteiger partial charge in [0.25, 0.3) is 0 Å². The Morgan fingerprint density at radius 2 is 1.15 bits per heavy atom. The highest BCUT2D eigenvalue weighted by Crippen LogP contribution is 2.34. The van der Waals surface area contributed by atoms with Crippen LogP contribution in [0.5, 0.6) is 0 Å². The molecule has 1 fully saturated rings. The number of benzene rings is 3. The number of carbonyl (C=O) groups excluding carboxylic acids is 3. The second-order valence-electron chi connectivity index (χ2n) is 6.14. The quantitative estimate of drug-likeness (QED) is 0.660. The van der Waals surface area contributed by atoms with Crippen LogP contribution in [0, 0.1) is 0 Å². The summed E-state index contributed by atoms with van der Waals surface area (Å²) in [6.45, 7) is 0. The van der Waals surface area contributed by atoms with E-state index in [9.17, 15) is 14.4 Å². The van der Waals surface area contributed by atoms with Crippen molar-refractivity contribution in [3.63, 3.8) is 0 Å². The first-order valence-electron chi connectivity index (χ1n) is 8.56. The lowest BCUT2D eigenvalue weighted by molar-refractivity contribution is -0.126. The minimum atomic E-state index is -0.661. The van der Waals surface area contributed by atoms with Gasteiger partial charge in [0.1, 0.15) is 6.42 Å². The van der Waals surface area contributed by atoms with E-state index in [1.807, 2.05) is 42.5 Å². The summed E-state index contributed by atoms with van der Waals surface area (Å²) in [5.74, 6) is -1.05. The van der Waals surface area contributed by atoms with E-state index >= 15 is 0 Å². The topological polar surface area (TPSA) is 57.7 Å². The number of barbiturate groups is 1. The fraction of sp³-hybridized carbons (Fsp3) is 0.0455. The highest BCUT2D eigenvalue weighted by molar-refractivity contribution is 6.35. The predicted octanol–water partition coefficient (Wildman–Crippen LogP) is 4.24. The lowest BCUT2D eigenvalue weighted by Gasteiger charge is -2.33. The molecule has 3 aromatic carbocycles. The summed E-state index contributed by atoms with van der Waals surface area (Å²) in [5.41, 5.74) is 2.55. The number of hydrogen-bond acceptors (Lipinski definition) is 3. The van der Waals surface area contributed by atoms with Crippen molar-refractivity contribution in [1.29, 1.82) is 0 Å². The monoisotopic (exact) mass is 356 g/mol. The Labute approximate surface area is 156 Å². The van der Waals surface area contributed by atoms with Gasteiger partial charge in [-0.2, -0.15) is 0 Å². The number of nitrogens with zero attached hydrogens (tertiary/aromatic N) is 2. The molecule has 0 N–H and O–H groups in total. The number of rotatable bonds is 3. The van der Waals surface area contributed by atoms with Gasteiger partial charge in [-0.25, -0.2) is 14.6 Å². The van der Waals surface area contributed by atoms with Gasteiger partial charge in [0, 0.05) is 5.56 Å². The Morgan fingerprint density at radius 1 is 0.593 bits per heavy atom. The molecule has 0 spiro atoms. The van der Waals surface area contributed by atoms with Crippen LogP contribution in [0.3, 0.4) is 0 Å². The molecule has 3 aromatic rings. The van der Waals surface area contributed by atoms with Crippen molar-refractivity contribution in [2.75, 3.05) is 9.80 Å². The van der Waals surface area contributed by atoms with Crippen LogP contribution in [0.15, 0.2) is 84.9 Å². The number of carbonyl (C=O) groups is 3. The first-order chi connectivity index (χ1) is 13.2. The fourth-order valence-corrected chi connectivity index (χ4v) is 3.20. The zero-order chi connectivity index (χ0) is 18.8. The molecule has 1 aliphatic heterocycles. The normalized spacial score (nSPS) is 14.6. The summed E-state index contributed by atoms with van der Waals surface area (Å²) < 4.78 is 0. The van der Waals surface area contributed by atoms with Crippen LogP contribution in [0.4, 0.5) is 16.2 Å². The SMILES string of the molecule is O=C1CC(=O)N(c2ccccc2-c2ccccc2)C(=O)N1c1ccccc1. The number of para-hydroxylation sites is 2. The molecule has 5 heteroatoms. The van der Waals surface area contributed by atoms with Crippen LogP contribution in [0.25, 0.3) is 11.1 Å². The molecule has 132 valence electrons. The second kappa shape index (κ2) is 6.88. The van der Waals surface area contributed by atoms with Crippen molar-refractivity contribution in [2.24, 2.45) is 0 Å². The summed E-state index contributed by atoms with van der Waals surface area (Å²) in [5, 5.41) is 0. The Morgan fingerprint density at radius 3 is 1.85 bits per heavy atom. The molecule has 0 aliphatic carbocycles. The molecular weight excluding hydrogens is 340 g/mol. The van der Waals surface area contributed by atoms with Gasteiger partial charge in [-0.05, 0) is 23.8 Å². The van der Waals surface area contributed by atoms with E-state index in [4.69, 9.17) is 0 Å². The minimum absolute atomic E-state index is 0.357. The average molecular weight is 356 g/mol. The second-order valence-corrected chi connectivity index (χ2v) is 6.14. The van der Waals surface area contributed by atoms with Crippen molar-refractivity contribution in [1.82, 2.24) is 0 Å². The van der Waals surface area contributed by atoms with Gasteiger partial charge >= 0.3 is 6.03 Å². The van der Waals surface area contributed by atoms with E-state index in [-0.39, 0.29) is 6.42 Å². The lowest BCUT2D eigenvalue weighted by atomic mass is 10.0. The van der Waals surface area contributed by atoms with Crippen LogP contribution in [-0.4, -0.2) is 17.8 Å². The van der Waals surface area contributed by atoms with E-state index in [1.54, 1.807) is 42.5 Å². The maximum absolute atomic E-state index is 13.1. The molecular formula is C22H16N2O3. The van der Waals surface area contributed by atoms with Crippen molar-refractivity contribution in [3.8, 4) is 11.1 Å². The Balaban J connectivity index is 1.81. The first-order valence-corrected chi connectivity index (χ1v) is 8.56. The molecule has 0 bridgehead atoms. The smallest absolute Gasteiger partial charge is 0.273 e. The zero-order valence-electron chi connectivity index (χ0n) is 14.4. The van der Waals surface area contributed by atoms with Gasteiger partial charge in [-0.15, -0.1) is 0 Å². The maximum atomic E-state index is 13.1. The average Bonchev–Trinajstić information content (AvgIpc) is 2.69. The third-order valence-electron chi connectivity index (χ3n) is 4.43. The molecule has 1 heterocycles. The highest BCUT2D eigenvalue weighted by Gasteiger charge is 2.40. The van der Waals surface area contributed by atoms with Crippen LogP contribution in [0.2, 0.25) is 0 Å². The van der Waals surface area contributed by atoms with Crippen LogP contribution >= 0.6 is 0 Å². The summed E-state index contributed by atoms with van der Waals surface area (Å²) in [4.78, 5) is 40.3. The molecule has 0 radical (unpaired) electrons. The molecule has 27 heavy (non-hydrogen) atoms. The molecule has 0 saturated carbocycles. The molecule has 1 saturated heterocycles. The van der Waals surface area contributed by atoms with Crippen LogP contribution < -0.4 is 9.80 Å². The van der Waals surface area contributed by atoms with E-state index < -0.39 is 17.8 Å². The Hall–Kier alpha value is -3.73.